The predicted molar refractivity (Wildman–Crippen MR) is 171 cm³/mol. The Morgan fingerprint density at radius 2 is 1.76 bits per heavy atom. The van der Waals surface area contributed by atoms with Gasteiger partial charge in [0.15, 0.2) is 0 Å². The predicted octanol–water partition coefficient (Wildman–Crippen LogP) is 5.97. The lowest BCUT2D eigenvalue weighted by Gasteiger charge is -2.30. The highest BCUT2D eigenvalue weighted by molar-refractivity contribution is 7.92. The maximum Gasteiger partial charge on any atom is 0.333 e. The summed E-state index contributed by atoms with van der Waals surface area (Å²) in [6.07, 6.45) is 4.23. The molecule has 0 unspecified atom stereocenters. The first-order valence-electron chi connectivity index (χ1n) is 14.2. The van der Waals surface area contributed by atoms with Gasteiger partial charge in [-0.3, -0.25) is 10.1 Å². The monoisotopic (exact) mass is 616 g/mol. The average molecular weight is 617 g/mol. The molecule has 0 aliphatic carbocycles. The van der Waals surface area contributed by atoms with E-state index in [2.05, 4.69) is 90.0 Å². The van der Waals surface area contributed by atoms with Crippen LogP contribution in [0.1, 0.15) is 83.3 Å². The number of nitrogens with zero attached hydrogens (tertiary/aromatic N) is 2. The number of aromatic nitrogens is 2. The van der Waals surface area contributed by atoms with Gasteiger partial charge in [0.05, 0.1) is 12.9 Å². The first-order chi connectivity index (χ1) is 19.7. The summed E-state index contributed by atoms with van der Waals surface area (Å²) < 4.78 is 35.9. The summed E-state index contributed by atoms with van der Waals surface area (Å²) in [5, 5.41) is 3.25. The van der Waals surface area contributed by atoms with E-state index in [0.717, 1.165) is 41.9 Å². The minimum Gasteiger partial charge on any atom is -0.493 e. The van der Waals surface area contributed by atoms with Crippen LogP contribution < -0.4 is 25.6 Å². The molecule has 0 spiro atoms. The van der Waals surface area contributed by atoms with E-state index in [1.165, 1.54) is 11.1 Å². The van der Waals surface area contributed by atoms with Gasteiger partial charge in [-0.2, -0.15) is 4.37 Å². The highest BCUT2D eigenvalue weighted by Crippen LogP contribution is 2.38. The molecule has 0 saturated carbocycles. The van der Waals surface area contributed by atoms with Crippen LogP contribution in [0.3, 0.4) is 0 Å². The quantitative estimate of drug-likeness (QED) is 0.122. The molecule has 1 aromatic heterocycles. The van der Waals surface area contributed by atoms with Crippen molar-refractivity contribution in [2.45, 2.75) is 78.1 Å². The smallest absolute Gasteiger partial charge is 0.333 e. The van der Waals surface area contributed by atoms with Crippen LogP contribution >= 0.6 is 11.5 Å². The van der Waals surface area contributed by atoms with Crippen molar-refractivity contribution in [3.8, 4) is 5.75 Å². The lowest BCUT2D eigenvalue weighted by molar-refractivity contribution is 0.240. The molecule has 0 fully saturated rings. The van der Waals surface area contributed by atoms with Gasteiger partial charge < -0.3 is 10.1 Å². The van der Waals surface area contributed by atoms with Crippen LogP contribution in [-0.4, -0.2) is 43.2 Å². The van der Waals surface area contributed by atoms with E-state index in [4.69, 9.17) is 4.74 Å². The molecule has 42 heavy (non-hydrogen) atoms. The van der Waals surface area contributed by atoms with Gasteiger partial charge in [-0.05, 0) is 59.4 Å². The number of ether oxygens (including phenoxy) is 1. The molecule has 0 aliphatic heterocycles. The molecule has 3 aromatic rings. The van der Waals surface area contributed by atoms with E-state index in [1.54, 1.807) is 18.2 Å². The number of amides is 2. The normalized spacial score (nSPS) is 12.1. The summed E-state index contributed by atoms with van der Waals surface area (Å²) in [6, 6.07) is 13.2. The summed E-state index contributed by atoms with van der Waals surface area (Å²) >= 11 is 1.12. The zero-order valence-electron chi connectivity index (χ0n) is 25.6. The highest BCUT2D eigenvalue weighted by Gasteiger charge is 2.26. The summed E-state index contributed by atoms with van der Waals surface area (Å²) in [4.78, 5) is 16.6. The third kappa shape index (κ3) is 9.87. The molecule has 1 heterocycles. The Hall–Kier alpha value is -3.38. The fraction of sp³-hybridized carbons (Fsp3) is 0.500. The van der Waals surface area contributed by atoms with Gasteiger partial charge in [0, 0.05) is 35.7 Å². The number of anilines is 2. The fourth-order valence-corrected chi connectivity index (χ4v) is 5.22. The third-order valence-corrected chi connectivity index (χ3v) is 8.74. The molecular formula is C30H44N6O4S2. The summed E-state index contributed by atoms with van der Waals surface area (Å²) in [5.41, 5.74) is 9.30. The molecule has 230 valence electrons. The van der Waals surface area contributed by atoms with Gasteiger partial charge in [-0.15, -0.1) is 0 Å². The molecule has 10 nitrogen and oxygen atoms in total. The molecule has 2 aromatic carbocycles. The molecule has 2 amide bonds. The maximum atomic E-state index is 12.3. The van der Waals surface area contributed by atoms with E-state index in [-0.39, 0.29) is 16.9 Å². The Morgan fingerprint density at radius 3 is 2.45 bits per heavy atom. The zero-order valence-corrected chi connectivity index (χ0v) is 27.3. The van der Waals surface area contributed by atoms with Crippen molar-refractivity contribution in [2.24, 2.45) is 0 Å². The van der Waals surface area contributed by atoms with Crippen molar-refractivity contribution in [1.82, 2.24) is 20.1 Å². The molecule has 12 heteroatoms. The minimum atomic E-state index is -3.36. The SMILES string of the molecule is CCC(C)(C)c1ccc(OCCCNC(=O)NNc2nc(Cc3cccc(NS(C)(=O)=O)c3)ns2)c(C(C)(C)CC)c1. The summed E-state index contributed by atoms with van der Waals surface area (Å²) in [6.45, 7) is 14.4. The Morgan fingerprint density at radius 1 is 1.02 bits per heavy atom. The second-order valence-electron chi connectivity index (χ2n) is 11.7. The number of hydrogen-bond donors (Lipinski definition) is 4. The molecule has 0 bridgehead atoms. The van der Waals surface area contributed by atoms with Gasteiger partial charge in [0.1, 0.15) is 11.6 Å². The first kappa shape index (κ1) is 33.1. The van der Waals surface area contributed by atoms with Crippen molar-refractivity contribution in [1.29, 1.82) is 0 Å². The largest absolute Gasteiger partial charge is 0.493 e. The van der Waals surface area contributed by atoms with Gasteiger partial charge in [-0.1, -0.05) is 65.8 Å². The van der Waals surface area contributed by atoms with E-state index < -0.39 is 10.0 Å². The van der Waals surface area contributed by atoms with E-state index in [9.17, 15) is 13.2 Å². The Balaban J connectivity index is 1.44. The highest BCUT2D eigenvalue weighted by atomic mass is 32.2. The number of sulfonamides is 1. The second-order valence-corrected chi connectivity index (χ2v) is 14.2. The molecule has 0 saturated heterocycles. The lowest BCUT2D eigenvalue weighted by Crippen LogP contribution is -2.39. The minimum absolute atomic E-state index is 0.0109. The van der Waals surface area contributed by atoms with Crippen LogP contribution in [0.4, 0.5) is 15.6 Å². The molecule has 3 rings (SSSR count). The fourth-order valence-electron chi connectivity index (χ4n) is 4.13. The van der Waals surface area contributed by atoms with Crippen LogP contribution in [0.25, 0.3) is 0 Å². The van der Waals surface area contributed by atoms with E-state index in [1.807, 2.05) is 6.07 Å². The lowest BCUT2D eigenvalue weighted by atomic mass is 9.76. The molecule has 0 aliphatic rings. The van der Waals surface area contributed by atoms with Crippen molar-refractivity contribution < 1.29 is 17.9 Å². The van der Waals surface area contributed by atoms with Crippen LogP contribution in [0, 0.1) is 0 Å². The van der Waals surface area contributed by atoms with Crippen molar-refractivity contribution >= 4 is 38.4 Å². The number of carbonyl (C=O) groups is 1. The number of hydrazine groups is 1. The summed E-state index contributed by atoms with van der Waals surface area (Å²) in [7, 11) is -3.36. The van der Waals surface area contributed by atoms with Crippen molar-refractivity contribution in [3.63, 3.8) is 0 Å². The third-order valence-electron chi connectivity index (χ3n) is 7.47. The number of carbonyl (C=O) groups excluding carboxylic acids is 1. The molecule has 4 N–H and O–H groups in total. The first-order valence-corrected chi connectivity index (χ1v) is 16.9. The maximum absolute atomic E-state index is 12.3. The molecule has 0 atom stereocenters. The number of rotatable bonds is 15. The Labute approximate surface area is 254 Å². The van der Waals surface area contributed by atoms with E-state index >= 15 is 0 Å². The standard InChI is InChI=1S/C30H44N6O4S2/c1-8-29(3,4)22-14-15-25(24(20-22)30(5,6)9-2)40-17-11-16-31-27(37)33-34-28-32-26(35-41-28)19-21-12-10-13-23(18-21)36-42(7,38)39/h10,12-15,18,20,36H,8-9,11,16-17,19H2,1-7H3,(H2,31,33,37)(H,32,34,35). The van der Waals surface area contributed by atoms with Crippen molar-refractivity contribution in [3.05, 3.63) is 65.0 Å². The Bertz CT molecular complexity index is 1450. The number of benzene rings is 2. The van der Waals surface area contributed by atoms with Gasteiger partial charge in [0.2, 0.25) is 15.2 Å². The second kappa shape index (κ2) is 14.2. The van der Waals surface area contributed by atoms with Crippen LogP contribution in [0.15, 0.2) is 42.5 Å². The van der Waals surface area contributed by atoms with Gasteiger partial charge in [0.25, 0.3) is 0 Å². The number of nitrogens with one attached hydrogen (secondary N) is 4. The number of urea groups is 1. The van der Waals surface area contributed by atoms with Gasteiger partial charge in [-0.25, -0.2) is 23.6 Å². The molecular weight excluding hydrogens is 573 g/mol. The summed E-state index contributed by atoms with van der Waals surface area (Å²) in [5.74, 6) is 1.45. The van der Waals surface area contributed by atoms with Crippen LogP contribution in [0.5, 0.6) is 5.75 Å². The van der Waals surface area contributed by atoms with Crippen molar-refractivity contribution in [2.75, 3.05) is 29.6 Å². The topological polar surface area (TPSA) is 134 Å². The van der Waals surface area contributed by atoms with Crippen LogP contribution in [-0.2, 0) is 27.3 Å². The Kier molecular flexibility index (Phi) is 11.2. The van der Waals surface area contributed by atoms with Gasteiger partial charge >= 0.3 is 6.03 Å². The van der Waals surface area contributed by atoms with E-state index in [0.29, 0.717) is 42.6 Å². The zero-order chi connectivity index (χ0) is 31.0. The average Bonchev–Trinajstić information content (AvgIpc) is 3.38. The van der Waals surface area contributed by atoms with Crippen LogP contribution in [0.2, 0.25) is 0 Å². The molecule has 0 radical (unpaired) electrons. The number of hydrogen-bond acceptors (Lipinski definition) is 8.